The van der Waals surface area contributed by atoms with Crippen molar-refractivity contribution in [3.8, 4) is 5.75 Å². The number of rotatable bonds is 7. The number of hydrogen-bond acceptors (Lipinski definition) is 4. The Bertz CT molecular complexity index is 620. The number of amides is 2. The van der Waals surface area contributed by atoms with Crippen LogP contribution in [0.2, 0.25) is 0 Å². The van der Waals surface area contributed by atoms with Gasteiger partial charge in [0.25, 0.3) is 5.91 Å². The Labute approximate surface area is 148 Å². The van der Waals surface area contributed by atoms with Crippen LogP contribution in [0.5, 0.6) is 5.75 Å². The van der Waals surface area contributed by atoms with Crippen LogP contribution in [-0.2, 0) is 9.53 Å². The lowest BCUT2D eigenvalue weighted by molar-refractivity contribution is -0.127. The summed E-state index contributed by atoms with van der Waals surface area (Å²) < 4.78 is 11.4. The van der Waals surface area contributed by atoms with Gasteiger partial charge in [-0.15, -0.1) is 0 Å². The van der Waals surface area contributed by atoms with E-state index < -0.39 is 5.41 Å². The van der Waals surface area contributed by atoms with Gasteiger partial charge in [-0.25, -0.2) is 0 Å². The van der Waals surface area contributed by atoms with E-state index in [1.807, 2.05) is 6.07 Å². The predicted molar refractivity (Wildman–Crippen MR) is 93.3 cm³/mol. The predicted octanol–water partition coefficient (Wildman–Crippen LogP) is 2.02. The molecule has 0 bridgehead atoms. The van der Waals surface area contributed by atoms with Gasteiger partial charge >= 0.3 is 0 Å². The van der Waals surface area contributed by atoms with Gasteiger partial charge in [-0.2, -0.15) is 0 Å². The molecule has 3 N–H and O–H groups in total. The molecule has 0 radical (unpaired) electrons. The third kappa shape index (κ3) is 4.12. The van der Waals surface area contributed by atoms with E-state index >= 15 is 0 Å². The molecule has 0 aromatic heterocycles. The zero-order chi connectivity index (χ0) is 17.7. The molecule has 0 unspecified atom stereocenters. The summed E-state index contributed by atoms with van der Waals surface area (Å²) in [4.78, 5) is 24.4. The first-order valence-electron chi connectivity index (χ1n) is 9.02. The summed E-state index contributed by atoms with van der Waals surface area (Å²) in [6.07, 6.45) is 5.54. The molecule has 1 aliphatic heterocycles. The van der Waals surface area contributed by atoms with E-state index in [1.54, 1.807) is 18.2 Å². The molecule has 0 spiro atoms. The van der Waals surface area contributed by atoms with Crippen molar-refractivity contribution in [3.05, 3.63) is 29.8 Å². The van der Waals surface area contributed by atoms with Crippen LogP contribution in [0.3, 0.4) is 0 Å². The lowest BCUT2D eigenvalue weighted by Gasteiger charge is -2.25. The molecule has 25 heavy (non-hydrogen) atoms. The van der Waals surface area contributed by atoms with Crippen LogP contribution >= 0.6 is 0 Å². The summed E-state index contributed by atoms with van der Waals surface area (Å²) in [6, 6.07) is 7.14. The van der Waals surface area contributed by atoms with Crippen molar-refractivity contribution in [2.75, 3.05) is 19.8 Å². The molecule has 6 nitrogen and oxygen atoms in total. The van der Waals surface area contributed by atoms with E-state index in [-0.39, 0.29) is 24.5 Å². The van der Waals surface area contributed by atoms with Gasteiger partial charge in [-0.3, -0.25) is 9.59 Å². The van der Waals surface area contributed by atoms with E-state index in [0.29, 0.717) is 17.9 Å². The molecular formula is C19H26N2O4. The SMILES string of the molecule is NC(=O)C1(CNC(=O)c2ccccc2OC[C@H]2CCCO2)CCCC1. The van der Waals surface area contributed by atoms with Crippen LogP contribution in [0.1, 0.15) is 48.9 Å². The minimum atomic E-state index is -0.608. The molecule has 1 atom stereocenters. The van der Waals surface area contributed by atoms with Crippen molar-refractivity contribution in [1.29, 1.82) is 0 Å². The molecule has 1 saturated heterocycles. The lowest BCUT2D eigenvalue weighted by Crippen LogP contribution is -2.44. The number of nitrogens with one attached hydrogen (secondary N) is 1. The van der Waals surface area contributed by atoms with Crippen molar-refractivity contribution >= 4 is 11.8 Å². The van der Waals surface area contributed by atoms with Crippen LogP contribution < -0.4 is 15.8 Å². The molecule has 2 fully saturated rings. The maximum absolute atomic E-state index is 12.6. The van der Waals surface area contributed by atoms with E-state index in [2.05, 4.69) is 5.32 Å². The number of benzene rings is 1. The van der Waals surface area contributed by atoms with Crippen LogP contribution in [-0.4, -0.2) is 37.7 Å². The summed E-state index contributed by atoms with van der Waals surface area (Å²) in [7, 11) is 0. The summed E-state index contributed by atoms with van der Waals surface area (Å²) >= 11 is 0. The van der Waals surface area contributed by atoms with Crippen LogP contribution in [0.4, 0.5) is 0 Å². The molecule has 136 valence electrons. The van der Waals surface area contributed by atoms with Gasteiger partial charge in [0.2, 0.25) is 5.91 Å². The summed E-state index contributed by atoms with van der Waals surface area (Å²) in [5.74, 6) is -0.0290. The average molecular weight is 346 g/mol. The first kappa shape index (κ1) is 17.7. The first-order chi connectivity index (χ1) is 12.1. The van der Waals surface area contributed by atoms with Crippen LogP contribution in [0.15, 0.2) is 24.3 Å². The van der Waals surface area contributed by atoms with Crippen molar-refractivity contribution in [1.82, 2.24) is 5.32 Å². The highest BCUT2D eigenvalue weighted by Crippen LogP contribution is 2.37. The second-order valence-electron chi connectivity index (χ2n) is 6.98. The zero-order valence-electron chi connectivity index (χ0n) is 14.5. The highest BCUT2D eigenvalue weighted by molar-refractivity contribution is 5.97. The fourth-order valence-electron chi connectivity index (χ4n) is 3.65. The number of hydrogen-bond donors (Lipinski definition) is 2. The molecule has 6 heteroatoms. The second-order valence-corrected chi connectivity index (χ2v) is 6.98. The molecule has 2 aliphatic rings. The Morgan fingerprint density at radius 2 is 2.00 bits per heavy atom. The molecule has 2 amide bonds. The lowest BCUT2D eigenvalue weighted by atomic mass is 9.85. The molecule has 1 saturated carbocycles. The smallest absolute Gasteiger partial charge is 0.255 e. The van der Waals surface area contributed by atoms with Crippen LogP contribution in [0.25, 0.3) is 0 Å². The Hall–Kier alpha value is -2.08. The van der Waals surface area contributed by atoms with Gasteiger partial charge < -0.3 is 20.5 Å². The van der Waals surface area contributed by atoms with Gasteiger partial charge in [0.1, 0.15) is 12.4 Å². The summed E-state index contributed by atoms with van der Waals surface area (Å²) in [6.45, 7) is 1.49. The molecule has 3 rings (SSSR count). The highest BCUT2D eigenvalue weighted by atomic mass is 16.5. The zero-order valence-corrected chi connectivity index (χ0v) is 14.5. The number of carbonyl (C=O) groups excluding carboxylic acids is 2. The molecule has 1 aromatic rings. The highest BCUT2D eigenvalue weighted by Gasteiger charge is 2.39. The average Bonchev–Trinajstić information content (AvgIpc) is 3.30. The summed E-state index contributed by atoms with van der Waals surface area (Å²) in [5, 5.41) is 2.88. The minimum Gasteiger partial charge on any atom is -0.490 e. The number of nitrogens with two attached hydrogens (primary N) is 1. The van der Waals surface area contributed by atoms with E-state index in [9.17, 15) is 9.59 Å². The van der Waals surface area contributed by atoms with Gasteiger partial charge in [-0.1, -0.05) is 25.0 Å². The van der Waals surface area contributed by atoms with Gasteiger partial charge in [0, 0.05) is 13.2 Å². The molecular weight excluding hydrogens is 320 g/mol. The number of ether oxygens (including phenoxy) is 2. The monoisotopic (exact) mass is 346 g/mol. The summed E-state index contributed by atoms with van der Waals surface area (Å²) in [5.41, 5.74) is 5.44. The largest absolute Gasteiger partial charge is 0.490 e. The second kappa shape index (κ2) is 7.87. The van der Waals surface area contributed by atoms with Crippen molar-refractivity contribution < 1.29 is 19.1 Å². The van der Waals surface area contributed by atoms with Crippen LogP contribution in [0, 0.1) is 5.41 Å². The third-order valence-electron chi connectivity index (χ3n) is 5.25. The molecule has 1 aromatic carbocycles. The number of primary amides is 1. The normalized spacial score (nSPS) is 21.8. The first-order valence-corrected chi connectivity index (χ1v) is 9.02. The number of carbonyl (C=O) groups is 2. The maximum Gasteiger partial charge on any atom is 0.255 e. The van der Waals surface area contributed by atoms with E-state index in [1.165, 1.54) is 0 Å². The maximum atomic E-state index is 12.6. The standard InChI is InChI=1S/C19H26N2O4/c20-18(23)19(9-3-4-10-19)13-21-17(22)15-7-1-2-8-16(15)25-12-14-6-5-11-24-14/h1-2,7-8,14H,3-6,9-13H2,(H2,20,23)(H,21,22)/t14-/m1/s1. The fraction of sp³-hybridized carbons (Fsp3) is 0.579. The quantitative estimate of drug-likeness (QED) is 0.790. The Balaban J connectivity index is 1.62. The van der Waals surface area contributed by atoms with Crippen molar-refractivity contribution in [3.63, 3.8) is 0 Å². The third-order valence-corrected chi connectivity index (χ3v) is 5.25. The van der Waals surface area contributed by atoms with Crippen molar-refractivity contribution in [2.24, 2.45) is 11.1 Å². The van der Waals surface area contributed by atoms with Gasteiger partial charge in [0.15, 0.2) is 0 Å². The number of para-hydroxylation sites is 1. The van der Waals surface area contributed by atoms with Gasteiger partial charge in [-0.05, 0) is 37.8 Å². The van der Waals surface area contributed by atoms with E-state index in [4.69, 9.17) is 15.2 Å². The Morgan fingerprint density at radius 1 is 1.24 bits per heavy atom. The van der Waals surface area contributed by atoms with E-state index in [0.717, 1.165) is 45.1 Å². The van der Waals surface area contributed by atoms with Gasteiger partial charge in [0.05, 0.1) is 17.1 Å². The topological polar surface area (TPSA) is 90.7 Å². The fourth-order valence-corrected chi connectivity index (χ4v) is 3.65. The molecule has 1 heterocycles. The Morgan fingerprint density at radius 3 is 2.68 bits per heavy atom. The molecule has 1 aliphatic carbocycles. The Kier molecular flexibility index (Phi) is 5.58. The van der Waals surface area contributed by atoms with Crippen molar-refractivity contribution in [2.45, 2.75) is 44.6 Å². The minimum absolute atomic E-state index is 0.0905.